The lowest BCUT2D eigenvalue weighted by atomic mass is 10.1. The zero-order chi connectivity index (χ0) is 22.2. The zero-order valence-electron chi connectivity index (χ0n) is 18.7. The van der Waals surface area contributed by atoms with Crippen molar-refractivity contribution in [1.29, 1.82) is 0 Å². The van der Waals surface area contributed by atoms with Gasteiger partial charge in [-0.05, 0) is 43.4 Å². The summed E-state index contributed by atoms with van der Waals surface area (Å²) in [5, 5.41) is 6.25. The predicted octanol–water partition coefficient (Wildman–Crippen LogP) is 3.14. The highest BCUT2D eigenvalue weighted by Crippen LogP contribution is 2.42. The summed E-state index contributed by atoms with van der Waals surface area (Å²) in [6.07, 6.45) is 3.91. The van der Waals surface area contributed by atoms with Gasteiger partial charge in [-0.1, -0.05) is 36.4 Å². The van der Waals surface area contributed by atoms with Gasteiger partial charge in [-0.3, -0.25) is 14.2 Å². The van der Waals surface area contributed by atoms with E-state index in [-0.39, 0.29) is 42.3 Å². The largest absolute Gasteiger partial charge is 0.384 e. The molecule has 1 saturated carbocycles. The van der Waals surface area contributed by atoms with Crippen LogP contribution in [0.15, 0.2) is 53.5 Å². The minimum absolute atomic E-state index is 0. The SMILES string of the molecule is Cc1nc(N)ccc1CNC(=O)[C@@H]1CCc2cnc(NC3CC3c3ccccc3)c(=O)n21.Cl.Cl. The first kappa shape index (κ1) is 25.5. The Balaban J connectivity index is 0.00000162. The van der Waals surface area contributed by atoms with Gasteiger partial charge in [-0.15, -0.1) is 24.8 Å². The van der Waals surface area contributed by atoms with Gasteiger partial charge in [0.2, 0.25) is 5.91 Å². The van der Waals surface area contributed by atoms with Crippen LogP contribution in [0, 0.1) is 6.92 Å². The Morgan fingerprint density at radius 2 is 1.94 bits per heavy atom. The number of nitrogen functional groups attached to an aromatic ring is 1. The molecule has 0 bridgehead atoms. The van der Waals surface area contributed by atoms with Crippen LogP contribution in [0.4, 0.5) is 11.6 Å². The average molecular weight is 503 g/mol. The third-order valence-corrected chi connectivity index (χ3v) is 6.37. The van der Waals surface area contributed by atoms with Gasteiger partial charge in [0.15, 0.2) is 5.82 Å². The van der Waals surface area contributed by atoms with E-state index in [2.05, 4.69) is 32.7 Å². The van der Waals surface area contributed by atoms with E-state index in [0.717, 1.165) is 23.4 Å². The van der Waals surface area contributed by atoms with Gasteiger partial charge in [0, 0.05) is 36.1 Å². The lowest BCUT2D eigenvalue weighted by molar-refractivity contribution is -0.124. The highest BCUT2D eigenvalue weighted by atomic mass is 35.5. The maximum atomic E-state index is 13.2. The summed E-state index contributed by atoms with van der Waals surface area (Å²) in [6, 6.07) is 13.5. The Kier molecular flexibility index (Phi) is 7.84. The molecule has 1 aromatic carbocycles. The maximum Gasteiger partial charge on any atom is 0.294 e. The van der Waals surface area contributed by atoms with Crippen LogP contribution in [0.2, 0.25) is 0 Å². The van der Waals surface area contributed by atoms with E-state index in [1.54, 1.807) is 16.8 Å². The van der Waals surface area contributed by atoms with Crippen LogP contribution < -0.4 is 21.9 Å². The van der Waals surface area contributed by atoms with Gasteiger partial charge in [0.1, 0.15) is 11.9 Å². The van der Waals surface area contributed by atoms with E-state index in [9.17, 15) is 9.59 Å². The molecule has 3 heterocycles. The van der Waals surface area contributed by atoms with Crippen molar-refractivity contribution in [3.63, 3.8) is 0 Å². The fourth-order valence-corrected chi connectivity index (χ4v) is 4.48. The highest BCUT2D eigenvalue weighted by Gasteiger charge is 2.39. The Morgan fingerprint density at radius 1 is 1.18 bits per heavy atom. The lowest BCUT2D eigenvalue weighted by Gasteiger charge is -2.16. The maximum absolute atomic E-state index is 13.2. The smallest absolute Gasteiger partial charge is 0.294 e. The van der Waals surface area contributed by atoms with Crippen molar-refractivity contribution in [2.75, 3.05) is 11.1 Å². The summed E-state index contributed by atoms with van der Waals surface area (Å²) in [5.41, 5.74) is 9.20. The number of carbonyl (C=O) groups excluding carboxylic acids is 1. The number of nitrogens with two attached hydrogens (primary N) is 1. The quantitative estimate of drug-likeness (QED) is 0.476. The number of rotatable bonds is 6. The molecule has 3 aromatic rings. The molecule has 180 valence electrons. The number of anilines is 2. The second-order valence-electron chi connectivity index (χ2n) is 8.53. The second-order valence-corrected chi connectivity index (χ2v) is 8.53. The molecule has 3 atom stereocenters. The number of nitrogens with zero attached hydrogens (tertiary/aromatic N) is 3. The average Bonchev–Trinajstić information content (AvgIpc) is 3.42. The molecule has 4 N–H and O–H groups in total. The Labute approximate surface area is 210 Å². The van der Waals surface area contributed by atoms with Crippen molar-refractivity contribution in [2.45, 2.75) is 50.7 Å². The van der Waals surface area contributed by atoms with Gasteiger partial charge < -0.3 is 16.4 Å². The number of carbonyl (C=O) groups is 1. The van der Waals surface area contributed by atoms with Crippen molar-refractivity contribution in [2.24, 2.45) is 0 Å². The van der Waals surface area contributed by atoms with Gasteiger partial charge in [-0.2, -0.15) is 0 Å². The van der Waals surface area contributed by atoms with Crippen LogP contribution in [0.5, 0.6) is 0 Å². The van der Waals surface area contributed by atoms with E-state index in [1.807, 2.05) is 31.2 Å². The number of nitrogens with one attached hydrogen (secondary N) is 2. The number of amides is 1. The van der Waals surface area contributed by atoms with Gasteiger partial charge in [0.05, 0.1) is 0 Å². The Bertz CT molecular complexity index is 1230. The molecule has 1 aliphatic heterocycles. The lowest BCUT2D eigenvalue weighted by Crippen LogP contribution is -2.36. The number of halogens is 2. The van der Waals surface area contributed by atoms with Crippen LogP contribution in [0.1, 0.15) is 47.3 Å². The molecule has 1 fully saturated rings. The summed E-state index contributed by atoms with van der Waals surface area (Å²) in [7, 11) is 0. The molecule has 34 heavy (non-hydrogen) atoms. The number of aromatic nitrogens is 3. The molecule has 10 heteroatoms. The fraction of sp³-hybridized carbons (Fsp3) is 0.333. The summed E-state index contributed by atoms with van der Waals surface area (Å²) in [4.78, 5) is 34.7. The topological polar surface area (TPSA) is 115 Å². The molecular weight excluding hydrogens is 475 g/mol. The fourth-order valence-electron chi connectivity index (χ4n) is 4.48. The Hall–Kier alpha value is -3.10. The number of hydrogen-bond acceptors (Lipinski definition) is 6. The normalized spacial score (nSPS) is 19.9. The van der Waals surface area contributed by atoms with Crippen molar-refractivity contribution in [1.82, 2.24) is 19.9 Å². The second kappa shape index (κ2) is 10.4. The first-order valence-corrected chi connectivity index (χ1v) is 10.9. The molecule has 1 aliphatic carbocycles. The van der Waals surface area contributed by atoms with E-state index < -0.39 is 6.04 Å². The van der Waals surface area contributed by atoms with E-state index in [0.29, 0.717) is 36.9 Å². The number of pyridine rings is 1. The van der Waals surface area contributed by atoms with Crippen LogP contribution in [0.3, 0.4) is 0 Å². The summed E-state index contributed by atoms with van der Waals surface area (Å²) >= 11 is 0. The molecule has 0 saturated heterocycles. The molecule has 2 aliphatic rings. The first-order chi connectivity index (χ1) is 15.5. The van der Waals surface area contributed by atoms with E-state index in [1.165, 1.54) is 5.56 Å². The number of aryl methyl sites for hydroxylation is 2. The standard InChI is InChI=1S/C24H26N6O2.2ClH/c1-14-16(7-10-21(25)28-14)12-27-23(31)20-9-8-17-13-26-22(24(32)30(17)20)29-19-11-18(19)15-5-3-2-4-6-15;;/h2-7,10,13,18-20H,8-9,11-12H2,1H3,(H2,25,28)(H,26,29)(H,27,31);2*1H/t18?,19?,20-;;/m0../s1. The van der Waals surface area contributed by atoms with Crippen LogP contribution in [-0.2, 0) is 17.8 Å². The van der Waals surface area contributed by atoms with Crippen LogP contribution in [-0.4, -0.2) is 26.5 Å². The highest BCUT2D eigenvalue weighted by molar-refractivity contribution is 5.85. The first-order valence-electron chi connectivity index (χ1n) is 10.9. The van der Waals surface area contributed by atoms with Gasteiger partial charge >= 0.3 is 0 Å². The molecule has 8 nitrogen and oxygen atoms in total. The number of benzene rings is 1. The molecule has 5 rings (SSSR count). The molecular formula is C24H28Cl2N6O2. The summed E-state index contributed by atoms with van der Waals surface area (Å²) in [5.74, 6) is 0.973. The summed E-state index contributed by atoms with van der Waals surface area (Å²) in [6.45, 7) is 2.20. The van der Waals surface area contributed by atoms with E-state index in [4.69, 9.17) is 5.73 Å². The van der Waals surface area contributed by atoms with Crippen molar-refractivity contribution >= 4 is 42.4 Å². The minimum atomic E-state index is -0.535. The molecule has 0 spiro atoms. The predicted molar refractivity (Wildman–Crippen MR) is 137 cm³/mol. The Morgan fingerprint density at radius 3 is 2.68 bits per heavy atom. The molecule has 2 aromatic heterocycles. The van der Waals surface area contributed by atoms with Crippen LogP contribution in [0.25, 0.3) is 0 Å². The number of fused-ring (bicyclic) bond motifs is 1. The van der Waals surface area contributed by atoms with Crippen molar-refractivity contribution in [3.05, 3.63) is 81.5 Å². The third kappa shape index (κ3) is 5.03. The minimum Gasteiger partial charge on any atom is -0.384 e. The molecule has 2 unspecified atom stereocenters. The summed E-state index contributed by atoms with van der Waals surface area (Å²) < 4.78 is 1.60. The van der Waals surface area contributed by atoms with E-state index >= 15 is 0 Å². The van der Waals surface area contributed by atoms with Crippen molar-refractivity contribution < 1.29 is 4.79 Å². The van der Waals surface area contributed by atoms with Crippen molar-refractivity contribution in [3.8, 4) is 0 Å². The zero-order valence-corrected chi connectivity index (χ0v) is 20.4. The molecule has 0 radical (unpaired) electrons. The van der Waals surface area contributed by atoms with Gasteiger partial charge in [-0.25, -0.2) is 9.97 Å². The monoisotopic (exact) mass is 502 g/mol. The van der Waals surface area contributed by atoms with Crippen LogP contribution >= 0.6 is 24.8 Å². The third-order valence-electron chi connectivity index (χ3n) is 6.37. The van der Waals surface area contributed by atoms with Gasteiger partial charge in [0.25, 0.3) is 5.56 Å². The number of hydrogen-bond donors (Lipinski definition) is 3. The molecule has 1 amide bonds.